The third-order valence-corrected chi connectivity index (χ3v) is 1.91. The van der Waals surface area contributed by atoms with Crippen LogP contribution in [0.3, 0.4) is 0 Å². The van der Waals surface area contributed by atoms with Gasteiger partial charge >= 0.3 is 7.12 Å². The summed E-state index contributed by atoms with van der Waals surface area (Å²) < 4.78 is 0. The van der Waals surface area contributed by atoms with E-state index in [-0.39, 0.29) is 5.46 Å². The van der Waals surface area contributed by atoms with Crippen molar-refractivity contribution < 1.29 is 10.0 Å². The van der Waals surface area contributed by atoms with Crippen LogP contribution in [0.15, 0.2) is 12.3 Å². The van der Waals surface area contributed by atoms with Gasteiger partial charge in [-0.25, -0.2) is 0 Å². The molecule has 1 heterocycles. The predicted molar refractivity (Wildman–Crippen MR) is 48.5 cm³/mol. The monoisotopic (exact) mass is 185 g/mol. The summed E-state index contributed by atoms with van der Waals surface area (Å²) in [5.41, 5.74) is 1.08. The molecule has 3 nitrogen and oxygen atoms in total. The highest BCUT2D eigenvalue weighted by Crippen LogP contribution is 2.06. The summed E-state index contributed by atoms with van der Waals surface area (Å²) in [4.78, 5) is 3.97. The van der Waals surface area contributed by atoms with Crippen LogP contribution in [-0.2, 0) is 6.42 Å². The van der Waals surface area contributed by atoms with Crippen LogP contribution in [-0.4, -0.2) is 22.2 Å². The normalized spacial score (nSPS) is 10.0. The molecule has 0 unspecified atom stereocenters. The Hall–Kier alpha value is -0.575. The minimum Gasteiger partial charge on any atom is -0.423 e. The first kappa shape index (κ1) is 9.51. The summed E-state index contributed by atoms with van der Waals surface area (Å²) in [6.45, 7) is 1.95. The molecule has 1 rings (SSSR count). The molecule has 0 amide bonds. The smallest absolute Gasteiger partial charge is 0.423 e. The van der Waals surface area contributed by atoms with Crippen LogP contribution in [0.25, 0.3) is 0 Å². The van der Waals surface area contributed by atoms with Gasteiger partial charge in [0.15, 0.2) is 0 Å². The molecular formula is C7H9BClNO2. The third kappa shape index (κ3) is 1.97. The average Bonchev–Trinajstić information content (AvgIpc) is 2.03. The van der Waals surface area contributed by atoms with E-state index >= 15 is 0 Å². The van der Waals surface area contributed by atoms with E-state index in [9.17, 15) is 0 Å². The number of pyridine rings is 1. The minimum atomic E-state index is -1.55. The van der Waals surface area contributed by atoms with Crippen molar-refractivity contribution in [1.29, 1.82) is 0 Å². The first-order chi connectivity index (χ1) is 5.65. The zero-order chi connectivity index (χ0) is 9.14. The SMILES string of the molecule is CCc1cc(Cl)c(B(O)O)cn1. The molecule has 0 aliphatic heterocycles. The molecule has 0 aliphatic carbocycles. The zero-order valence-electron chi connectivity index (χ0n) is 6.66. The molecule has 0 aromatic carbocycles. The maximum absolute atomic E-state index is 8.80. The standard InChI is InChI=1S/C7H9BClNO2/c1-2-5-3-7(9)6(4-10-5)8(11)12/h3-4,11-12H,2H2,1H3. The second-order valence-electron chi connectivity index (χ2n) is 2.42. The van der Waals surface area contributed by atoms with Gasteiger partial charge in [-0.1, -0.05) is 18.5 Å². The lowest BCUT2D eigenvalue weighted by atomic mass is 9.81. The van der Waals surface area contributed by atoms with Gasteiger partial charge in [-0.3, -0.25) is 4.98 Å². The van der Waals surface area contributed by atoms with Crippen LogP contribution >= 0.6 is 11.6 Å². The largest absolute Gasteiger partial charge is 0.491 e. The highest BCUT2D eigenvalue weighted by molar-refractivity contribution is 6.62. The number of aromatic nitrogens is 1. The van der Waals surface area contributed by atoms with Crippen LogP contribution in [0.1, 0.15) is 12.6 Å². The second-order valence-corrected chi connectivity index (χ2v) is 2.83. The van der Waals surface area contributed by atoms with Gasteiger partial charge in [0.2, 0.25) is 0 Å². The molecule has 0 atom stereocenters. The molecule has 2 N–H and O–H groups in total. The van der Waals surface area contributed by atoms with Crippen LogP contribution in [0.2, 0.25) is 5.02 Å². The Labute approximate surface area is 76.2 Å². The Morgan fingerprint density at radius 3 is 2.67 bits per heavy atom. The first-order valence-electron chi connectivity index (χ1n) is 3.65. The quantitative estimate of drug-likeness (QED) is 0.637. The van der Waals surface area contributed by atoms with Crippen molar-refractivity contribution in [2.45, 2.75) is 13.3 Å². The van der Waals surface area contributed by atoms with E-state index in [0.717, 1.165) is 12.1 Å². The molecule has 0 spiro atoms. The van der Waals surface area contributed by atoms with E-state index in [0.29, 0.717) is 5.02 Å². The molecule has 5 heteroatoms. The van der Waals surface area contributed by atoms with E-state index in [2.05, 4.69) is 4.98 Å². The number of aryl methyl sites for hydroxylation is 1. The number of hydrogen-bond acceptors (Lipinski definition) is 3. The lowest BCUT2D eigenvalue weighted by Gasteiger charge is -2.03. The first-order valence-corrected chi connectivity index (χ1v) is 4.03. The summed E-state index contributed by atoms with van der Waals surface area (Å²) in [5, 5.41) is 17.9. The van der Waals surface area contributed by atoms with Gasteiger partial charge in [0.1, 0.15) is 0 Å². The van der Waals surface area contributed by atoms with Crippen molar-refractivity contribution in [2.75, 3.05) is 0 Å². The van der Waals surface area contributed by atoms with Crippen LogP contribution < -0.4 is 5.46 Å². The highest BCUT2D eigenvalue weighted by Gasteiger charge is 2.15. The summed E-state index contributed by atoms with van der Waals surface area (Å²) in [5.74, 6) is 0. The van der Waals surface area contributed by atoms with Crippen LogP contribution in [0.5, 0.6) is 0 Å². The molecule has 64 valence electrons. The fourth-order valence-electron chi connectivity index (χ4n) is 0.864. The summed E-state index contributed by atoms with van der Waals surface area (Å²) >= 11 is 5.74. The van der Waals surface area contributed by atoms with Gasteiger partial charge in [0.05, 0.1) is 0 Å². The predicted octanol–water partition coefficient (Wildman–Crippen LogP) is -0.0228. The van der Waals surface area contributed by atoms with Gasteiger partial charge in [-0.05, 0) is 12.5 Å². The van der Waals surface area contributed by atoms with Crippen molar-refractivity contribution in [3.05, 3.63) is 23.0 Å². The Bertz CT molecular complexity index is 280. The van der Waals surface area contributed by atoms with Crippen molar-refractivity contribution >= 4 is 24.2 Å². The van der Waals surface area contributed by atoms with Gasteiger partial charge in [-0.15, -0.1) is 0 Å². The molecule has 1 aromatic rings. The van der Waals surface area contributed by atoms with Crippen LogP contribution in [0.4, 0.5) is 0 Å². The molecule has 0 aliphatic rings. The Balaban J connectivity index is 3.03. The van der Waals surface area contributed by atoms with E-state index in [4.69, 9.17) is 21.6 Å². The van der Waals surface area contributed by atoms with E-state index < -0.39 is 7.12 Å². The second kappa shape index (κ2) is 3.89. The Morgan fingerprint density at radius 2 is 2.25 bits per heavy atom. The van der Waals surface area contributed by atoms with E-state index in [1.54, 1.807) is 6.07 Å². The average molecular weight is 185 g/mol. The number of rotatable bonds is 2. The van der Waals surface area contributed by atoms with Gasteiger partial charge in [0.25, 0.3) is 0 Å². The van der Waals surface area contributed by atoms with E-state index in [1.807, 2.05) is 6.92 Å². The molecule has 0 radical (unpaired) electrons. The highest BCUT2D eigenvalue weighted by atomic mass is 35.5. The summed E-state index contributed by atoms with van der Waals surface area (Å²) in [7, 11) is -1.55. The maximum Gasteiger partial charge on any atom is 0.491 e. The molecule has 12 heavy (non-hydrogen) atoms. The van der Waals surface area contributed by atoms with Gasteiger partial charge < -0.3 is 10.0 Å². The van der Waals surface area contributed by atoms with Crippen molar-refractivity contribution in [3.63, 3.8) is 0 Å². The summed E-state index contributed by atoms with van der Waals surface area (Å²) in [6, 6.07) is 1.64. The third-order valence-electron chi connectivity index (χ3n) is 1.58. The van der Waals surface area contributed by atoms with Gasteiger partial charge in [-0.2, -0.15) is 0 Å². The number of nitrogens with zero attached hydrogens (tertiary/aromatic N) is 1. The fourth-order valence-corrected chi connectivity index (χ4v) is 1.14. The molecule has 0 fully saturated rings. The molecular weight excluding hydrogens is 176 g/mol. The topological polar surface area (TPSA) is 53.4 Å². The molecule has 0 saturated carbocycles. The van der Waals surface area contributed by atoms with Crippen molar-refractivity contribution in [2.24, 2.45) is 0 Å². The van der Waals surface area contributed by atoms with Crippen molar-refractivity contribution in [3.8, 4) is 0 Å². The molecule has 0 bridgehead atoms. The molecule has 0 saturated heterocycles. The van der Waals surface area contributed by atoms with E-state index in [1.165, 1.54) is 6.20 Å². The minimum absolute atomic E-state index is 0.244. The Morgan fingerprint density at radius 1 is 1.58 bits per heavy atom. The zero-order valence-corrected chi connectivity index (χ0v) is 7.41. The van der Waals surface area contributed by atoms with Crippen LogP contribution in [0, 0.1) is 0 Å². The fraction of sp³-hybridized carbons (Fsp3) is 0.286. The molecule has 1 aromatic heterocycles. The summed E-state index contributed by atoms with van der Waals surface area (Å²) in [6.07, 6.45) is 2.16. The lowest BCUT2D eigenvalue weighted by molar-refractivity contribution is 0.425. The Kier molecular flexibility index (Phi) is 3.09. The maximum atomic E-state index is 8.80. The van der Waals surface area contributed by atoms with Crippen molar-refractivity contribution in [1.82, 2.24) is 4.98 Å². The lowest BCUT2D eigenvalue weighted by Crippen LogP contribution is -2.31. The number of hydrogen-bond donors (Lipinski definition) is 2. The van der Waals surface area contributed by atoms with Gasteiger partial charge in [0, 0.05) is 22.4 Å². The number of halogens is 1.